The van der Waals surface area contributed by atoms with Crippen molar-refractivity contribution in [3.8, 4) is 0 Å². The molecular formula is C8H18ClN. The van der Waals surface area contributed by atoms with Crippen molar-refractivity contribution >= 4 is 12.4 Å². The van der Waals surface area contributed by atoms with Gasteiger partial charge in [0.05, 0.1) is 0 Å². The van der Waals surface area contributed by atoms with Gasteiger partial charge in [0.15, 0.2) is 0 Å². The maximum absolute atomic E-state index is 3.49. The summed E-state index contributed by atoms with van der Waals surface area (Å²) in [6.07, 6.45) is 6.96. The van der Waals surface area contributed by atoms with Crippen LogP contribution in [0.25, 0.3) is 0 Å². The molecule has 62 valence electrons. The minimum absolute atomic E-state index is 0. The summed E-state index contributed by atoms with van der Waals surface area (Å²) in [5.41, 5.74) is 0. The first kappa shape index (κ1) is 10.2. The van der Waals surface area contributed by atoms with Gasteiger partial charge in [-0.3, -0.25) is 0 Å². The molecule has 0 amide bonds. The Morgan fingerprint density at radius 1 is 1.50 bits per heavy atom. The number of rotatable bonds is 3. The van der Waals surface area contributed by atoms with E-state index in [0.29, 0.717) is 0 Å². The average molecular weight is 164 g/mol. The molecule has 0 aromatic heterocycles. The van der Waals surface area contributed by atoms with Crippen LogP contribution in [0.15, 0.2) is 0 Å². The third-order valence-electron chi connectivity index (χ3n) is 2.07. The lowest BCUT2D eigenvalue weighted by Gasteiger charge is -2.06. The Morgan fingerprint density at radius 2 is 2.30 bits per heavy atom. The number of nitrogens with one attached hydrogen (secondary N) is 1. The van der Waals surface area contributed by atoms with Gasteiger partial charge in [-0.15, -0.1) is 12.4 Å². The molecule has 1 unspecified atom stereocenters. The lowest BCUT2D eigenvalue weighted by atomic mass is 10.1. The first-order chi connectivity index (χ1) is 4.43. The van der Waals surface area contributed by atoms with Gasteiger partial charge in [-0.25, -0.2) is 0 Å². The van der Waals surface area contributed by atoms with Crippen molar-refractivity contribution in [2.45, 2.75) is 45.1 Å². The van der Waals surface area contributed by atoms with E-state index in [2.05, 4.69) is 12.2 Å². The Hall–Kier alpha value is 0.250. The summed E-state index contributed by atoms with van der Waals surface area (Å²) in [7, 11) is 0. The van der Waals surface area contributed by atoms with E-state index in [1.165, 1.54) is 38.6 Å². The first-order valence-electron chi connectivity index (χ1n) is 4.17. The van der Waals surface area contributed by atoms with E-state index in [0.717, 1.165) is 6.04 Å². The Balaban J connectivity index is 0.000000810. The van der Waals surface area contributed by atoms with E-state index in [4.69, 9.17) is 0 Å². The van der Waals surface area contributed by atoms with Crippen LogP contribution in [0, 0.1) is 0 Å². The minimum Gasteiger partial charge on any atom is -0.314 e. The summed E-state index contributed by atoms with van der Waals surface area (Å²) < 4.78 is 0. The molecule has 1 nitrogen and oxygen atoms in total. The second-order valence-electron chi connectivity index (χ2n) is 2.94. The number of hydrogen-bond donors (Lipinski definition) is 1. The molecule has 2 heteroatoms. The normalized spacial score (nSPS) is 24.3. The summed E-state index contributed by atoms with van der Waals surface area (Å²) in [6.45, 7) is 3.52. The van der Waals surface area contributed by atoms with Crippen LogP contribution < -0.4 is 5.32 Å². The zero-order valence-electron chi connectivity index (χ0n) is 6.73. The third-order valence-corrected chi connectivity index (χ3v) is 2.07. The maximum atomic E-state index is 3.49. The van der Waals surface area contributed by atoms with Gasteiger partial charge in [-0.1, -0.05) is 19.8 Å². The highest BCUT2D eigenvalue weighted by Gasteiger charge is 2.11. The van der Waals surface area contributed by atoms with Gasteiger partial charge in [-0.2, -0.15) is 0 Å². The second-order valence-corrected chi connectivity index (χ2v) is 2.94. The van der Waals surface area contributed by atoms with Crippen molar-refractivity contribution in [1.29, 1.82) is 0 Å². The van der Waals surface area contributed by atoms with Crippen LogP contribution in [-0.4, -0.2) is 12.6 Å². The van der Waals surface area contributed by atoms with Gasteiger partial charge >= 0.3 is 0 Å². The molecule has 1 fully saturated rings. The standard InChI is InChI=1S/C8H17N.ClH/c1-2-3-5-8-6-4-7-9-8;/h8-9H,2-7H2,1H3;1H. The summed E-state index contributed by atoms with van der Waals surface area (Å²) >= 11 is 0. The van der Waals surface area contributed by atoms with Crippen LogP contribution >= 0.6 is 12.4 Å². The van der Waals surface area contributed by atoms with Gasteiger partial charge in [0, 0.05) is 6.04 Å². The van der Waals surface area contributed by atoms with Crippen LogP contribution in [0.1, 0.15) is 39.0 Å². The van der Waals surface area contributed by atoms with E-state index in [1.54, 1.807) is 0 Å². The van der Waals surface area contributed by atoms with E-state index in [1.807, 2.05) is 0 Å². The third kappa shape index (κ3) is 3.43. The number of unbranched alkanes of at least 4 members (excludes halogenated alkanes) is 1. The summed E-state index contributed by atoms with van der Waals surface area (Å²) in [4.78, 5) is 0. The van der Waals surface area contributed by atoms with Gasteiger partial charge in [0.25, 0.3) is 0 Å². The van der Waals surface area contributed by atoms with E-state index < -0.39 is 0 Å². The zero-order chi connectivity index (χ0) is 6.53. The highest BCUT2D eigenvalue weighted by atomic mass is 35.5. The van der Waals surface area contributed by atoms with E-state index in [-0.39, 0.29) is 12.4 Å². The number of halogens is 1. The maximum Gasteiger partial charge on any atom is 0.00675 e. The smallest absolute Gasteiger partial charge is 0.00675 e. The van der Waals surface area contributed by atoms with Crippen LogP contribution in [-0.2, 0) is 0 Å². The fraction of sp³-hybridized carbons (Fsp3) is 1.00. The molecule has 0 aromatic carbocycles. The first-order valence-corrected chi connectivity index (χ1v) is 4.17. The quantitative estimate of drug-likeness (QED) is 0.674. The van der Waals surface area contributed by atoms with Crippen molar-refractivity contribution < 1.29 is 0 Å². The Morgan fingerprint density at radius 3 is 2.80 bits per heavy atom. The molecule has 0 saturated carbocycles. The fourth-order valence-corrected chi connectivity index (χ4v) is 1.45. The monoisotopic (exact) mass is 163 g/mol. The Kier molecular flexibility index (Phi) is 6.14. The van der Waals surface area contributed by atoms with Crippen molar-refractivity contribution in [3.63, 3.8) is 0 Å². The van der Waals surface area contributed by atoms with Crippen molar-refractivity contribution in [2.75, 3.05) is 6.54 Å². The lowest BCUT2D eigenvalue weighted by molar-refractivity contribution is 0.532. The predicted octanol–water partition coefficient (Wildman–Crippen LogP) is 2.35. The minimum atomic E-state index is 0. The molecule has 1 rings (SSSR count). The van der Waals surface area contributed by atoms with Gasteiger partial charge < -0.3 is 5.32 Å². The highest BCUT2D eigenvalue weighted by Crippen LogP contribution is 2.11. The second kappa shape index (κ2) is 5.99. The van der Waals surface area contributed by atoms with Crippen LogP contribution in [0.5, 0.6) is 0 Å². The van der Waals surface area contributed by atoms with E-state index >= 15 is 0 Å². The largest absolute Gasteiger partial charge is 0.314 e. The molecule has 1 saturated heterocycles. The summed E-state index contributed by atoms with van der Waals surface area (Å²) in [5, 5.41) is 3.49. The lowest BCUT2D eigenvalue weighted by Crippen LogP contribution is -2.20. The molecule has 1 N–H and O–H groups in total. The molecule has 1 heterocycles. The highest BCUT2D eigenvalue weighted by molar-refractivity contribution is 5.85. The predicted molar refractivity (Wildman–Crippen MR) is 47.8 cm³/mol. The van der Waals surface area contributed by atoms with Crippen LogP contribution in [0.4, 0.5) is 0 Å². The topological polar surface area (TPSA) is 12.0 Å². The average Bonchev–Trinajstić information content (AvgIpc) is 2.34. The molecular weight excluding hydrogens is 146 g/mol. The molecule has 0 aromatic rings. The summed E-state index contributed by atoms with van der Waals surface area (Å²) in [5.74, 6) is 0. The molecule has 1 atom stereocenters. The summed E-state index contributed by atoms with van der Waals surface area (Å²) in [6, 6.07) is 0.866. The van der Waals surface area contributed by atoms with Gasteiger partial charge in [-0.05, 0) is 25.8 Å². The molecule has 0 radical (unpaired) electrons. The molecule has 0 aliphatic carbocycles. The fourth-order valence-electron chi connectivity index (χ4n) is 1.45. The molecule has 1 aliphatic heterocycles. The van der Waals surface area contributed by atoms with Crippen molar-refractivity contribution in [3.05, 3.63) is 0 Å². The van der Waals surface area contributed by atoms with Crippen molar-refractivity contribution in [1.82, 2.24) is 5.32 Å². The van der Waals surface area contributed by atoms with Gasteiger partial charge in [0.1, 0.15) is 0 Å². The molecule has 10 heavy (non-hydrogen) atoms. The SMILES string of the molecule is CCCCC1CCCN1.Cl. The van der Waals surface area contributed by atoms with E-state index in [9.17, 15) is 0 Å². The van der Waals surface area contributed by atoms with Crippen molar-refractivity contribution in [2.24, 2.45) is 0 Å². The van der Waals surface area contributed by atoms with Gasteiger partial charge in [0.2, 0.25) is 0 Å². The Labute approximate surface area is 70.0 Å². The molecule has 0 spiro atoms. The molecule has 0 bridgehead atoms. The van der Waals surface area contributed by atoms with Crippen LogP contribution in [0.2, 0.25) is 0 Å². The number of hydrogen-bond acceptors (Lipinski definition) is 1. The molecule has 1 aliphatic rings. The van der Waals surface area contributed by atoms with Crippen LogP contribution in [0.3, 0.4) is 0 Å². The Bertz CT molecular complexity index is 69.7. The zero-order valence-corrected chi connectivity index (χ0v) is 7.54.